The van der Waals surface area contributed by atoms with E-state index in [2.05, 4.69) is 10.5 Å². The van der Waals surface area contributed by atoms with E-state index >= 15 is 0 Å². The van der Waals surface area contributed by atoms with E-state index in [-0.39, 0.29) is 5.91 Å². The van der Waals surface area contributed by atoms with Crippen LogP contribution in [0.25, 0.3) is 0 Å². The number of rotatable bonds is 5. The van der Waals surface area contributed by atoms with Gasteiger partial charge in [-0.05, 0) is 30.7 Å². The number of oxime groups is 1. The van der Waals surface area contributed by atoms with E-state index in [4.69, 9.17) is 10.1 Å². The lowest BCUT2D eigenvalue weighted by Gasteiger charge is -2.10. The van der Waals surface area contributed by atoms with E-state index in [0.717, 1.165) is 5.56 Å². The minimum Gasteiger partial charge on any atom is -0.383 e. The number of nitrogens with zero attached hydrogens (tertiary/aromatic N) is 2. The standard InChI is InChI=1S/C17H15N3O2/c1-13(22-19-12-14-6-3-2-4-7-14)17(21)20-16-9-5-8-15(10-16)11-18/h2-10,12-13H,1H3,(H,20,21)/b19-12-/t13-/m0/s1. The predicted octanol–water partition coefficient (Wildman–Crippen LogP) is 2.94. The molecule has 22 heavy (non-hydrogen) atoms. The number of carbonyl (C=O) groups excluding carboxylic acids is 1. The number of carbonyl (C=O) groups is 1. The second-order valence-corrected chi connectivity index (χ2v) is 4.57. The number of nitriles is 1. The summed E-state index contributed by atoms with van der Waals surface area (Å²) < 4.78 is 0. The maximum Gasteiger partial charge on any atom is 0.267 e. The van der Waals surface area contributed by atoms with Gasteiger partial charge in [-0.1, -0.05) is 41.6 Å². The van der Waals surface area contributed by atoms with Crippen molar-refractivity contribution >= 4 is 17.8 Å². The van der Waals surface area contributed by atoms with Gasteiger partial charge in [0.25, 0.3) is 5.91 Å². The lowest BCUT2D eigenvalue weighted by Crippen LogP contribution is -2.26. The maximum atomic E-state index is 12.0. The fourth-order valence-corrected chi connectivity index (χ4v) is 1.68. The number of nitrogens with one attached hydrogen (secondary N) is 1. The number of hydrogen-bond acceptors (Lipinski definition) is 4. The lowest BCUT2D eigenvalue weighted by atomic mass is 10.2. The molecule has 0 aromatic heterocycles. The minimum atomic E-state index is -0.745. The number of anilines is 1. The predicted molar refractivity (Wildman–Crippen MR) is 84.4 cm³/mol. The van der Waals surface area contributed by atoms with Gasteiger partial charge in [0.1, 0.15) is 0 Å². The summed E-state index contributed by atoms with van der Waals surface area (Å²) in [6, 6.07) is 18.1. The van der Waals surface area contributed by atoms with Gasteiger partial charge in [-0.2, -0.15) is 5.26 Å². The topological polar surface area (TPSA) is 74.5 Å². The molecule has 2 aromatic rings. The van der Waals surface area contributed by atoms with E-state index in [9.17, 15) is 4.79 Å². The SMILES string of the molecule is C[C@H](O/N=C\c1ccccc1)C(=O)Nc1cccc(C#N)c1. The molecule has 0 bridgehead atoms. The van der Waals surface area contributed by atoms with Crippen molar-refractivity contribution in [1.82, 2.24) is 0 Å². The molecular formula is C17H15N3O2. The van der Waals surface area contributed by atoms with Crippen LogP contribution < -0.4 is 5.32 Å². The quantitative estimate of drug-likeness (QED) is 0.680. The Bertz CT molecular complexity index is 705. The van der Waals surface area contributed by atoms with Crippen molar-refractivity contribution in [3.8, 4) is 6.07 Å². The van der Waals surface area contributed by atoms with Gasteiger partial charge in [0.2, 0.25) is 6.10 Å². The Morgan fingerprint density at radius 2 is 2.05 bits per heavy atom. The molecule has 5 nitrogen and oxygen atoms in total. The Morgan fingerprint density at radius 3 is 2.77 bits per heavy atom. The largest absolute Gasteiger partial charge is 0.383 e. The van der Waals surface area contributed by atoms with Gasteiger partial charge in [0.05, 0.1) is 17.8 Å². The van der Waals surface area contributed by atoms with Crippen molar-refractivity contribution in [2.45, 2.75) is 13.0 Å². The average Bonchev–Trinajstić information content (AvgIpc) is 2.56. The molecule has 2 aromatic carbocycles. The number of benzene rings is 2. The van der Waals surface area contributed by atoms with Crippen molar-refractivity contribution in [3.05, 3.63) is 65.7 Å². The van der Waals surface area contributed by atoms with Gasteiger partial charge in [-0.15, -0.1) is 0 Å². The van der Waals surface area contributed by atoms with Crippen molar-refractivity contribution in [1.29, 1.82) is 5.26 Å². The molecule has 110 valence electrons. The molecule has 1 amide bonds. The Kier molecular flexibility index (Phi) is 5.27. The molecule has 0 saturated heterocycles. The van der Waals surface area contributed by atoms with Gasteiger partial charge in [0.15, 0.2) is 0 Å². The Morgan fingerprint density at radius 1 is 1.27 bits per heavy atom. The van der Waals surface area contributed by atoms with Crippen LogP contribution in [0, 0.1) is 11.3 Å². The summed E-state index contributed by atoms with van der Waals surface area (Å²) >= 11 is 0. The molecule has 0 heterocycles. The molecule has 0 saturated carbocycles. The zero-order valence-corrected chi connectivity index (χ0v) is 12.1. The van der Waals surface area contributed by atoms with E-state index in [1.54, 1.807) is 37.4 Å². The van der Waals surface area contributed by atoms with E-state index in [1.807, 2.05) is 36.4 Å². The molecule has 0 fully saturated rings. The monoisotopic (exact) mass is 293 g/mol. The van der Waals surface area contributed by atoms with Crippen LogP contribution in [0.15, 0.2) is 59.8 Å². The van der Waals surface area contributed by atoms with Crippen molar-refractivity contribution < 1.29 is 9.63 Å². The molecule has 0 spiro atoms. The lowest BCUT2D eigenvalue weighted by molar-refractivity contribution is -0.126. The summed E-state index contributed by atoms with van der Waals surface area (Å²) in [4.78, 5) is 17.1. The van der Waals surface area contributed by atoms with Gasteiger partial charge < -0.3 is 10.2 Å². The van der Waals surface area contributed by atoms with Crippen molar-refractivity contribution in [2.75, 3.05) is 5.32 Å². The fourth-order valence-electron chi connectivity index (χ4n) is 1.68. The van der Waals surface area contributed by atoms with Crippen LogP contribution in [-0.4, -0.2) is 18.2 Å². The third-order valence-corrected chi connectivity index (χ3v) is 2.85. The molecule has 0 unspecified atom stereocenters. The van der Waals surface area contributed by atoms with Crippen LogP contribution in [0.3, 0.4) is 0 Å². The molecule has 5 heteroatoms. The van der Waals surface area contributed by atoms with Crippen LogP contribution >= 0.6 is 0 Å². The molecule has 0 radical (unpaired) electrons. The third kappa shape index (κ3) is 4.46. The maximum absolute atomic E-state index is 12.0. The molecule has 1 N–H and O–H groups in total. The fraction of sp³-hybridized carbons (Fsp3) is 0.118. The summed E-state index contributed by atoms with van der Waals surface area (Å²) in [6.07, 6.45) is 0.797. The highest BCUT2D eigenvalue weighted by Gasteiger charge is 2.14. The van der Waals surface area contributed by atoms with Gasteiger partial charge in [-0.3, -0.25) is 4.79 Å². The zero-order valence-electron chi connectivity index (χ0n) is 12.1. The van der Waals surface area contributed by atoms with Gasteiger partial charge in [0, 0.05) is 5.69 Å². The molecule has 1 atom stereocenters. The molecule has 0 aliphatic rings. The highest BCUT2D eigenvalue weighted by Crippen LogP contribution is 2.10. The summed E-state index contributed by atoms with van der Waals surface area (Å²) in [5, 5.41) is 15.3. The Hall–Kier alpha value is -3.13. The first-order valence-electron chi connectivity index (χ1n) is 6.74. The van der Waals surface area contributed by atoms with Crippen LogP contribution in [-0.2, 0) is 9.63 Å². The van der Waals surface area contributed by atoms with Crippen LogP contribution in [0.5, 0.6) is 0 Å². The first-order chi connectivity index (χ1) is 10.7. The van der Waals surface area contributed by atoms with Crippen LogP contribution in [0.4, 0.5) is 5.69 Å². The van der Waals surface area contributed by atoms with Crippen molar-refractivity contribution in [3.63, 3.8) is 0 Å². The minimum absolute atomic E-state index is 0.333. The van der Waals surface area contributed by atoms with E-state index in [0.29, 0.717) is 11.3 Å². The molecular weight excluding hydrogens is 278 g/mol. The Labute approximate surface area is 128 Å². The number of hydrogen-bond donors (Lipinski definition) is 1. The molecule has 0 aliphatic carbocycles. The van der Waals surface area contributed by atoms with E-state index in [1.165, 1.54) is 0 Å². The summed E-state index contributed by atoms with van der Waals surface area (Å²) in [5.74, 6) is -0.333. The van der Waals surface area contributed by atoms with Gasteiger partial charge >= 0.3 is 0 Å². The first-order valence-corrected chi connectivity index (χ1v) is 6.74. The summed E-state index contributed by atoms with van der Waals surface area (Å²) in [7, 11) is 0. The number of amides is 1. The summed E-state index contributed by atoms with van der Waals surface area (Å²) in [5.41, 5.74) is 1.91. The second-order valence-electron chi connectivity index (χ2n) is 4.57. The first kappa shape index (κ1) is 15.3. The van der Waals surface area contributed by atoms with Crippen molar-refractivity contribution in [2.24, 2.45) is 5.16 Å². The second kappa shape index (κ2) is 7.60. The smallest absolute Gasteiger partial charge is 0.267 e. The summed E-state index contributed by atoms with van der Waals surface area (Å²) in [6.45, 7) is 1.60. The Balaban J connectivity index is 1.89. The van der Waals surface area contributed by atoms with Crippen LogP contribution in [0.1, 0.15) is 18.1 Å². The average molecular weight is 293 g/mol. The highest BCUT2D eigenvalue weighted by molar-refractivity contribution is 5.94. The normalized spacial score (nSPS) is 11.6. The van der Waals surface area contributed by atoms with Crippen LogP contribution in [0.2, 0.25) is 0 Å². The zero-order chi connectivity index (χ0) is 15.8. The molecule has 2 rings (SSSR count). The highest BCUT2D eigenvalue weighted by atomic mass is 16.6. The van der Waals surface area contributed by atoms with Gasteiger partial charge in [-0.25, -0.2) is 0 Å². The third-order valence-electron chi connectivity index (χ3n) is 2.85. The molecule has 0 aliphatic heterocycles. The van der Waals surface area contributed by atoms with E-state index < -0.39 is 6.10 Å².